The van der Waals surface area contributed by atoms with Crippen molar-refractivity contribution in [1.82, 2.24) is 4.90 Å². The van der Waals surface area contributed by atoms with E-state index in [9.17, 15) is 4.79 Å². The smallest absolute Gasteiger partial charge is 0.253 e. The van der Waals surface area contributed by atoms with Crippen molar-refractivity contribution in [3.05, 3.63) is 35.4 Å². The second-order valence-corrected chi connectivity index (χ2v) is 5.90. The van der Waals surface area contributed by atoms with Crippen LogP contribution in [0.5, 0.6) is 0 Å². The first-order valence-corrected chi connectivity index (χ1v) is 8.34. The van der Waals surface area contributed by atoms with Crippen LogP contribution in [0.3, 0.4) is 0 Å². The largest absolute Gasteiger partial charge is 0.339 e. The van der Waals surface area contributed by atoms with E-state index in [4.69, 9.17) is 0 Å². The fraction of sp³-hybridized carbons (Fsp3) is 0.562. The maximum atomic E-state index is 12.4. The van der Waals surface area contributed by atoms with Gasteiger partial charge in [0.25, 0.3) is 5.91 Å². The molecule has 3 heteroatoms. The van der Waals surface area contributed by atoms with Gasteiger partial charge in [0, 0.05) is 24.4 Å². The van der Waals surface area contributed by atoms with Gasteiger partial charge >= 0.3 is 0 Å². The minimum absolute atomic E-state index is 0.165. The fourth-order valence-electron chi connectivity index (χ4n) is 2.00. The van der Waals surface area contributed by atoms with Crippen molar-refractivity contribution < 1.29 is 4.79 Å². The maximum absolute atomic E-state index is 12.4. The summed E-state index contributed by atoms with van der Waals surface area (Å²) in [4.78, 5) is 14.3. The molecule has 0 aliphatic heterocycles. The van der Waals surface area contributed by atoms with Gasteiger partial charge in [0.05, 0.1) is 0 Å². The quantitative estimate of drug-likeness (QED) is 0.710. The number of hydrogen-bond donors (Lipinski definition) is 0. The Kier molecular flexibility index (Phi) is 7.65. The third-order valence-electron chi connectivity index (χ3n) is 2.95. The number of amides is 1. The lowest BCUT2D eigenvalue weighted by Gasteiger charge is -2.21. The molecule has 0 saturated carbocycles. The van der Waals surface area contributed by atoms with Gasteiger partial charge in [-0.05, 0) is 36.3 Å². The zero-order chi connectivity index (χ0) is 14.1. The number of rotatable bonds is 8. The highest BCUT2D eigenvalue weighted by molar-refractivity contribution is 7.98. The van der Waals surface area contributed by atoms with E-state index in [1.54, 1.807) is 0 Å². The van der Waals surface area contributed by atoms with E-state index in [1.807, 2.05) is 28.8 Å². The molecule has 0 aliphatic carbocycles. The molecule has 0 spiro atoms. The normalized spacial score (nSPS) is 10.5. The van der Waals surface area contributed by atoms with Gasteiger partial charge < -0.3 is 4.90 Å². The average molecular weight is 279 g/mol. The molecule has 0 atom stereocenters. The summed E-state index contributed by atoms with van der Waals surface area (Å²) in [6.07, 6.45) is 2.02. The average Bonchev–Trinajstić information content (AvgIpc) is 2.44. The molecule has 106 valence electrons. The van der Waals surface area contributed by atoms with Crippen LogP contribution >= 0.6 is 11.8 Å². The second kappa shape index (κ2) is 9.03. The molecule has 0 fully saturated rings. The van der Waals surface area contributed by atoms with Crippen LogP contribution in [0, 0.1) is 0 Å². The molecule has 19 heavy (non-hydrogen) atoms. The van der Waals surface area contributed by atoms with Crippen molar-refractivity contribution in [3.8, 4) is 0 Å². The van der Waals surface area contributed by atoms with Crippen LogP contribution in [-0.4, -0.2) is 29.6 Å². The van der Waals surface area contributed by atoms with E-state index in [0.29, 0.717) is 0 Å². The van der Waals surface area contributed by atoms with Crippen molar-refractivity contribution in [2.24, 2.45) is 0 Å². The maximum Gasteiger partial charge on any atom is 0.253 e. The summed E-state index contributed by atoms with van der Waals surface area (Å²) in [5.41, 5.74) is 2.10. The van der Waals surface area contributed by atoms with Crippen LogP contribution in [0.1, 0.15) is 49.5 Å². The van der Waals surface area contributed by atoms with E-state index in [-0.39, 0.29) is 5.91 Å². The minimum atomic E-state index is 0.165. The summed E-state index contributed by atoms with van der Waals surface area (Å²) in [5, 5.41) is 0. The highest BCUT2D eigenvalue weighted by atomic mass is 32.2. The Morgan fingerprint density at radius 3 is 2.11 bits per heavy atom. The molecule has 0 heterocycles. The highest BCUT2D eigenvalue weighted by Crippen LogP contribution is 2.14. The molecule has 0 saturated heterocycles. The summed E-state index contributed by atoms with van der Waals surface area (Å²) in [5.74, 6) is 2.32. The van der Waals surface area contributed by atoms with Crippen LogP contribution in [0.25, 0.3) is 0 Å². The van der Waals surface area contributed by atoms with Crippen LogP contribution in [0.15, 0.2) is 24.3 Å². The van der Waals surface area contributed by atoms with Crippen molar-refractivity contribution in [3.63, 3.8) is 0 Å². The van der Waals surface area contributed by atoms with Crippen LogP contribution in [-0.2, 0) is 5.75 Å². The third-order valence-corrected chi connectivity index (χ3v) is 3.89. The summed E-state index contributed by atoms with van der Waals surface area (Å²) in [6, 6.07) is 8.08. The summed E-state index contributed by atoms with van der Waals surface area (Å²) in [7, 11) is 0. The molecule has 0 aliphatic rings. The summed E-state index contributed by atoms with van der Waals surface area (Å²) in [6.45, 7) is 8.08. The van der Waals surface area contributed by atoms with Gasteiger partial charge in [0.1, 0.15) is 0 Å². The SMILES string of the molecule is CCCN(CCC)C(=O)c1ccc(CSCC)cc1. The number of carbonyl (C=O) groups excluding carboxylic acids is 1. The molecular formula is C16H25NOS. The molecule has 1 aromatic rings. The van der Waals surface area contributed by atoms with Gasteiger partial charge in [-0.3, -0.25) is 4.79 Å². The van der Waals surface area contributed by atoms with Crippen LogP contribution < -0.4 is 0 Å². The molecule has 0 unspecified atom stereocenters. The van der Waals surface area contributed by atoms with Gasteiger partial charge in [0.15, 0.2) is 0 Å². The van der Waals surface area contributed by atoms with Gasteiger partial charge in [0.2, 0.25) is 0 Å². The van der Waals surface area contributed by atoms with Crippen molar-refractivity contribution in [2.75, 3.05) is 18.8 Å². The van der Waals surface area contributed by atoms with E-state index < -0.39 is 0 Å². The number of benzene rings is 1. The van der Waals surface area contributed by atoms with E-state index >= 15 is 0 Å². The van der Waals surface area contributed by atoms with Gasteiger partial charge in [-0.25, -0.2) is 0 Å². The summed E-state index contributed by atoms with van der Waals surface area (Å²) >= 11 is 1.90. The standard InChI is InChI=1S/C16H25NOS/c1-4-11-17(12-5-2)16(18)15-9-7-14(8-10-15)13-19-6-3/h7-10H,4-6,11-13H2,1-3H3. The molecule has 0 radical (unpaired) electrons. The molecule has 1 rings (SSSR count). The Morgan fingerprint density at radius 1 is 1.05 bits per heavy atom. The van der Waals surface area contributed by atoms with Gasteiger partial charge in [-0.15, -0.1) is 0 Å². The third kappa shape index (κ3) is 5.27. The Balaban J connectivity index is 2.69. The number of nitrogens with zero attached hydrogens (tertiary/aromatic N) is 1. The van der Waals surface area contributed by atoms with Crippen LogP contribution in [0.2, 0.25) is 0 Å². The van der Waals surface area contributed by atoms with Crippen molar-refractivity contribution >= 4 is 17.7 Å². The first kappa shape index (κ1) is 16.1. The number of hydrogen-bond acceptors (Lipinski definition) is 2. The Labute approximate surface area is 121 Å². The first-order chi connectivity index (χ1) is 9.22. The predicted octanol–water partition coefficient (Wildman–Crippen LogP) is 4.20. The topological polar surface area (TPSA) is 20.3 Å². The molecule has 0 bridgehead atoms. The van der Waals surface area contributed by atoms with Crippen molar-refractivity contribution in [1.29, 1.82) is 0 Å². The zero-order valence-electron chi connectivity index (χ0n) is 12.3. The van der Waals surface area contributed by atoms with Crippen molar-refractivity contribution in [2.45, 2.75) is 39.4 Å². The van der Waals surface area contributed by atoms with E-state index in [2.05, 4.69) is 32.9 Å². The monoisotopic (exact) mass is 279 g/mol. The molecule has 0 aromatic heterocycles. The Hall–Kier alpha value is -0.960. The lowest BCUT2D eigenvalue weighted by Crippen LogP contribution is -2.32. The second-order valence-electron chi connectivity index (χ2n) is 4.63. The zero-order valence-corrected chi connectivity index (χ0v) is 13.1. The van der Waals surface area contributed by atoms with Crippen LogP contribution in [0.4, 0.5) is 0 Å². The van der Waals surface area contributed by atoms with Gasteiger partial charge in [-0.1, -0.05) is 32.9 Å². The molecule has 1 amide bonds. The minimum Gasteiger partial charge on any atom is -0.339 e. The molecule has 1 aromatic carbocycles. The Morgan fingerprint density at radius 2 is 1.63 bits per heavy atom. The number of carbonyl (C=O) groups is 1. The molecule has 0 N–H and O–H groups in total. The number of thioether (sulfide) groups is 1. The summed E-state index contributed by atoms with van der Waals surface area (Å²) < 4.78 is 0. The van der Waals surface area contributed by atoms with E-state index in [0.717, 1.165) is 43.0 Å². The predicted molar refractivity (Wildman–Crippen MR) is 84.8 cm³/mol. The highest BCUT2D eigenvalue weighted by Gasteiger charge is 2.13. The Bertz CT molecular complexity index is 369. The molecular weight excluding hydrogens is 254 g/mol. The van der Waals surface area contributed by atoms with Gasteiger partial charge in [-0.2, -0.15) is 11.8 Å². The fourth-order valence-corrected chi connectivity index (χ4v) is 2.63. The lowest BCUT2D eigenvalue weighted by molar-refractivity contribution is 0.0755. The first-order valence-electron chi connectivity index (χ1n) is 7.18. The van der Waals surface area contributed by atoms with E-state index in [1.165, 1.54) is 5.56 Å². The lowest BCUT2D eigenvalue weighted by atomic mass is 10.1. The molecule has 2 nitrogen and oxygen atoms in total.